The summed E-state index contributed by atoms with van der Waals surface area (Å²) in [6.45, 7) is 1.97. The van der Waals surface area contributed by atoms with Crippen LogP contribution in [0.3, 0.4) is 0 Å². The molecule has 0 atom stereocenters. The second kappa shape index (κ2) is 10.2. The molecule has 0 unspecified atom stereocenters. The highest BCUT2D eigenvalue weighted by atomic mass is 16.5. The molecule has 0 bridgehead atoms. The summed E-state index contributed by atoms with van der Waals surface area (Å²) >= 11 is 0. The van der Waals surface area contributed by atoms with Crippen LogP contribution < -0.4 is 10.1 Å². The molecule has 126 valence electrons. The molecule has 0 aliphatic rings. The van der Waals surface area contributed by atoms with Crippen molar-refractivity contribution in [1.82, 2.24) is 10.2 Å². The number of benzene rings is 1. The first-order valence-corrected chi connectivity index (χ1v) is 7.37. The van der Waals surface area contributed by atoms with Gasteiger partial charge in [0.25, 0.3) is 5.91 Å². The SMILES string of the molecule is CCOC(=O)CCN(C)C(=O)CNC(=O)COc1ccccc1. The van der Waals surface area contributed by atoms with Crippen LogP contribution in [-0.2, 0) is 19.1 Å². The van der Waals surface area contributed by atoms with Crippen LogP contribution in [-0.4, -0.2) is 56.0 Å². The molecule has 1 aromatic rings. The van der Waals surface area contributed by atoms with Crippen molar-refractivity contribution in [3.63, 3.8) is 0 Å². The Labute approximate surface area is 135 Å². The van der Waals surface area contributed by atoms with E-state index in [9.17, 15) is 14.4 Å². The quantitative estimate of drug-likeness (QED) is 0.673. The van der Waals surface area contributed by atoms with E-state index in [1.165, 1.54) is 4.90 Å². The molecule has 0 spiro atoms. The van der Waals surface area contributed by atoms with Gasteiger partial charge in [-0.25, -0.2) is 0 Å². The number of ether oxygens (including phenoxy) is 2. The predicted octanol–water partition coefficient (Wildman–Crippen LogP) is 0.593. The lowest BCUT2D eigenvalue weighted by Crippen LogP contribution is -2.40. The van der Waals surface area contributed by atoms with E-state index in [0.29, 0.717) is 12.4 Å². The maximum Gasteiger partial charge on any atom is 0.307 e. The number of nitrogens with zero attached hydrogens (tertiary/aromatic N) is 1. The van der Waals surface area contributed by atoms with Gasteiger partial charge in [0.05, 0.1) is 19.6 Å². The third-order valence-corrected chi connectivity index (χ3v) is 2.93. The largest absolute Gasteiger partial charge is 0.484 e. The van der Waals surface area contributed by atoms with E-state index in [1.807, 2.05) is 6.07 Å². The summed E-state index contributed by atoms with van der Waals surface area (Å²) in [5.74, 6) is -0.448. The molecule has 1 rings (SSSR count). The van der Waals surface area contributed by atoms with Gasteiger partial charge >= 0.3 is 5.97 Å². The van der Waals surface area contributed by atoms with Crippen LogP contribution in [0, 0.1) is 0 Å². The Morgan fingerprint density at radius 2 is 1.87 bits per heavy atom. The molecular formula is C16H22N2O5. The number of amides is 2. The Morgan fingerprint density at radius 3 is 2.52 bits per heavy atom. The van der Waals surface area contributed by atoms with Crippen molar-refractivity contribution < 1.29 is 23.9 Å². The van der Waals surface area contributed by atoms with Crippen molar-refractivity contribution in [3.05, 3.63) is 30.3 Å². The van der Waals surface area contributed by atoms with Crippen molar-refractivity contribution in [3.8, 4) is 5.75 Å². The maximum atomic E-state index is 11.8. The number of nitrogens with one attached hydrogen (secondary N) is 1. The Hall–Kier alpha value is -2.57. The maximum absolute atomic E-state index is 11.8. The summed E-state index contributed by atoms with van der Waals surface area (Å²) in [4.78, 5) is 36.0. The highest BCUT2D eigenvalue weighted by Crippen LogP contribution is 2.07. The molecule has 0 saturated heterocycles. The van der Waals surface area contributed by atoms with Gasteiger partial charge in [0.15, 0.2) is 6.61 Å². The standard InChI is InChI=1S/C16H22N2O5/c1-3-22-16(21)9-10-18(2)15(20)11-17-14(19)12-23-13-7-5-4-6-8-13/h4-8H,3,9-12H2,1-2H3,(H,17,19). The first kappa shape index (κ1) is 18.5. The fourth-order valence-electron chi connectivity index (χ4n) is 1.64. The first-order valence-electron chi connectivity index (χ1n) is 7.37. The molecule has 0 heterocycles. The van der Waals surface area contributed by atoms with Crippen molar-refractivity contribution in [2.24, 2.45) is 0 Å². The summed E-state index contributed by atoms with van der Waals surface area (Å²) in [6.07, 6.45) is 0.126. The number of carbonyl (C=O) groups excluding carboxylic acids is 3. The van der Waals surface area contributed by atoms with Gasteiger partial charge in [-0.15, -0.1) is 0 Å². The minimum absolute atomic E-state index is 0.126. The minimum atomic E-state index is -0.388. The lowest BCUT2D eigenvalue weighted by atomic mass is 10.3. The average Bonchev–Trinajstić information content (AvgIpc) is 2.56. The van der Waals surface area contributed by atoms with Crippen LogP contribution in [0.15, 0.2) is 30.3 Å². The normalized spacial score (nSPS) is 9.83. The molecule has 1 N–H and O–H groups in total. The van der Waals surface area contributed by atoms with Gasteiger partial charge in [-0.2, -0.15) is 0 Å². The van der Waals surface area contributed by atoms with Gasteiger partial charge in [0.1, 0.15) is 5.75 Å². The Kier molecular flexibility index (Phi) is 8.20. The van der Waals surface area contributed by atoms with Crippen LogP contribution in [0.5, 0.6) is 5.75 Å². The van der Waals surface area contributed by atoms with E-state index in [-0.39, 0.29) is 43.9 Å². The van der Waals surface area contributed by atoms with E-state index in [2.05, 4.69) is 5.32 Å². The topological polar surface area (TPSA) is 84.9 Å². The smallest absolute Gasteiger partial charge is 0.307 e. The zero-order valence-electron chi connectivity index (χ0n) is 13.4. The van der Waals surface area contributed by atoms with Crippen LogP contribution in [0.4, 0.5) is 0 Å². The molecule has 2 amide bonds. The third-order valence-electron chi connectivity index (χ3n) is 2.93. The lowest BCUT2D eigenvalue weighted by Gasteiger charge is -2.17. The molecule has 0 fully saturated rings. The molecular weight excluding hydrogens is 300 g/mol. The average molecular weight is 322 g/mol. The van der Waals surface area contributed by atoms with Crippen molar-refractivity contribution in [2.75, 3.05) is 33.4 Å². The molecule has 23 heavy (non-hydrogen) atoms. The summed E-state index contributed by atoms with van der Waals surface area (Å²) in [5, 5.41) is 2.48. The Bertz CT molecular complexity index is 518. The van der Waals surface area contributed by atoms with Crippen molar-refractivity contribution in [2.45, 2.75) is 13.3 Å². The van der Waals surface area contributed by atoms with Gasteiger partial charge < -0.3 is 19.7 Å². The summed E-state index contributed by atoms with van der Waals surface area (Å²) in [5.41, 5.74) is 0. The van der Waals surface area contributed by atoms with E-state index in [1.54, 1.807) is 38.2 Å². The zero-order valence-corrected chi connectivity index (χ0v) is 13.4. The number of esters is 1. The summed E-state index contributed by atoms with van der Waals surface area (Å²) < 4.78 is 10.0. The van der Waals surface area contributed by atoms with Crippen LogP contribution in [0.25, 0.3) is 0 Å². The van der Waals surface area contributed by atoms with Gasteiger partial charge in [0, 0.05) is 13.6 Å². The zero-order chi connectivity index (χ0) is 17.1. The van der Waals surface area contributed by atoms with E-state index in [0.717, 1.165) is 0 Å². The second-order valence-electron chi connectivity index (χ2n) is 4.75. The Balaban J connectivity index is 2.21. The minimum Gasteiger partial charge on any atom is -0.484 e. The van der Waals surface area contributed by atoms with E-state index in [4.69, 9.17) is 9.47 Å². The molecule has 0 aromatic heterocycles. The highest BCUT2D eigenvalue weighted by molar-refractivity contribution is 5.85. The molecule has 0 saturated carbocycles. The molecule has 7 heteroatoms. The van der Waals surface area contributed by atoms with Crippen molar-refractivity contribution >= 4 is 17.8 Å². The molecule has 1 aromatic carbocycles. The van der Waals surface area contributed by atoms with E-state index < -0.39 is 0 Å². The van der Waals surface area contributed by atoms with Crippen LogP contribution >= 0.6 is 0 Å². The number of rotatable bonds is 9. The lowest BCUT2D eigenvalue weighted by molar-refractivity contribution is -0.144. The number of hydrogen-bond donors (Lipinski definition) is 1. The van der Waals surface area contributed by atoms with Crippen LogP contribution in [0.2, 0.25) is 0 Å². The number of para-hydroxylation sites is 1. The van der Waals surface area contributed by atoms with Gasteiger partial charge in [-0.3, -0.25) is 14.4 Å². The van der Waals surface area contributed by atoms with Crippen LogP contribution in [0.1, 0.15) is 13.3 Å². The first-order chi connectivity index (χ1) is 11.0. The molecule has 0 aliphatic carbocycles. The van der Waals surface area contributed by atoms with E-state index >= 15 is 0 Å². The number of hydrogen-bond acceptors (Lipinski definition) is 5. The molecule has 0 aliphatic heterocycles. The second-order valence-corrected chi connectivity index (χ2v) is 4.75. The molecule has 0 radical (unpaired) electrons. The highest BCUT2D eigenvalue weighted by Gasteiger charge is 2.12. The molecule has 7 nitrogen and oxygen atoms in total. The van der Waals surface area contributed by atoms with Gasteiger partial charge in [0.2, 0.25) is 5.91 Å². The fourth-order valence-corrected chi connectivity index (χ4v) is 1.64. The summed E-state index contributed by atoms with van der Waals surface area (Å²) in [6, 6.07) is 8.92. The predicted molar refractivity (Wildman–Crippen MR) is 83.8 cm³/mol. The van der Waals surface area contributed by atoms with Gasteiger partial charge in [-0.1, -0.05) is 18.2 Å². The Morgan fingerprint density at radius 1 is 1.17 bits per heavy atom. The number of likely N-dealkylation sites (N-methyl/N-ethyl adjacent to an activating group) is 1. The fraction of sp³-hybridized carbons (Fsp3) is 0.438. The monoisotopic (exact) mass is 322 g/mol. The third kappa shape index (κ3) is 7.85. The number of carbonyl (C=O) groups is 3. The van der Waals surface area contributed by atoms with Crippen molar-refractivity contribution in [1.29, 1.82) is 0 Å². The summed E-state index contributed by atoms with van der Waals surface area (Å²) in [7, 11) is 1.56. The van der Waals surface area contributed by atoms with Gasteiger partial charge in [-0.05, 0) is 19.1 Å².